The van der Waals surface area contributed by atoms with Gasteiger partial charge in [-0.2, -0.15) is 0 Å². The second-order valence-electron chi connectivity index (χ2n) is 3.66. The molecule has 0 aliphatic heterocycles. The zero-order valence-electron chi connectivity index (χ0n) is 8.90. The molecule has 0 saturated heterocycles. The third-order valence-corrected chi connectivity index (χ3v) is 3.58. The van der Waals surface area contributed by atoms with Gasteiger partial charge in [0.2, 0.25) is 0 Å². The number of aliphatic hydroxyl groups is 1. The van der Waals surface area contributed by atoms with Gasteiger partial charge in [-0.3, -0.25) is 4.79 Å². The summed E-state index contributed by atoms with van der Waals surface area (Å²) in [6.45, 7) is 4.09. The van der Waals surface area contributed by atoms with Crippen LogP contribution in [0, 0.1) is 5.92 Å². The first kappa shape index (κ1) is 13.8. The van der Waals surface area contributed by atoms with Crippen molar-refractivity contribution in [2.45, 2.75) is 38.4 Å². The van der Waals surface area contributed by atoms with E-state index in [0.29, 0.717) is 0 Å². The Morgan fingerprint density at radius 1 is 1.29 bits per heavy atom. The number of rotatable bonds is 8. The molecule has 0 heterocycles. The van der Waals surface area contributed by atoms with Gasteiger partial charge in [0.25, 0.3) is 0 Å². The van der Waals surface area contributed by atoms with Gasteiger partial charge in [0, 0.05) is 6.61 Å². The van der Waals surface area contributed by atoms with Crippen molar-refractivity contribution in [2.24, 2.45) is 5.92 Å². The van der Waals surface area contributed by atoms with Crippen LogP contribution < -0.4 is 0 Å². The van der Waals surface area contributed by atoms with E-state index in [-0.39, 0.29) is 17.8 Å². The molecule has 0 aromatic heterocycles. The second kappa shape index (κ2) is 8.12. The van der Waals surface area contributed by atoms with Crippen LogP contribution in [-0.4, -0.2) is 33.8 Å². The molecule has 0 bridgehead atoms. The molecule has 0 fully saturated rings. The maximum absolute atomic E-state index is 10.8. The van der Waals surface area contributed by atoms with Crippen LogP contribution in [0.3, 0.4) is 0 Å². The van der Waals surface area contributed by atoms with Crippen LogP contribution >= 0.6 is 11.8 Å². The molecule has 2 N–H and O–H groups in total. The molecule has 0 amide bonds. The van der Waals surface area contributed by atoms with Gasteiger partial charge < -0.3 is 10.2 Å². The molecular formula is C10H20O3S. The Bertz CT molecular complexity index is 159. The molecule has 14 heavy (non-hydrogen) atoms. The van der Waals surface area contributed by atoms with E-state index in [4.69, 9.17) is 10.2 Å². The van der Waals surface area contributed by atoms with Crippen LogP contribution in [0.5, 0.6) is 0 Å². The number of aliphatic carboxylic acids is 1. The van der Waals surface area contributed by atoms with Gasteiger partial charge in [-0.15, -0.1) is 11.8 Å². The van der Waals surface area contributed by atoms with Crippen molar-refractivity contribution in [1.82, 2.24) is 0 Å². The first-order valence-corrected chi connectivity index (χ1v) is 6.09. The van der Waals surface area contributed by atoms with Crippen molar-refractivity contribution in [3.05, 3.63) is 0 Å². The fourth-order valence-electron chi connectivity index (χ4n) is 1.15. The Morgan fingerprint density at radius 3 is 2.36 bits per heavy atom. The summed E-state index contributed by atoms with van der Waals surface area (Å²) in [5.41, 5.74) is 0. The summed E-state index contributed by atoms with van der Waals surface area (Å²) in [7, 11) is 0. The number of hydrogen-bond acceptors (Lipinski definition) is 3. The van der Waals surface area contributed by atoms with E-state index in [1.54, 1.807) is 0 Å². The molecule has 0 aliphatic rings. The molecule has 1 unspecified atom stereocenters. The highest BCUT2D eigenvalue weighted by atomic mass is 32.2. The number of unbranched alkanes of at least 4 members (excludes halogenated alkanes) is 2. The van der Waals surface area contributed by atoms with Crippen LogP contribution in [0.15, 0.2) is 0 Å². The van der Waals surface area contributed by atoms with Gasteiger partial charge >= 0.3 is 5.97 Å². The van der Waals surface area contributed by atoms with E-state index < -0.39 is 5.97 Å². The fraction of sp³-hybridized carbons (Fsp3) is 0.900. The van der Waals surface area contributed by atoms with Crippen molar-refractivity contribution in [1.29, 1.82) is 0 Å². The summed E-state index contributed by atoms with van der Waals surface area (Å²) in [4.78, 5) is 10.8. The van der Waals surface area contributed by atoms with Gasteiger partial charge in [-0.25, -0.2) is 0 Å². The van der Waals surface area contributed by atoms with Gasteiger partial charge in [0.1, 0.15) is 5.25 Å². The summed E-state index contributed by atoms with van der Waals surface area (Å²) < 4.78 is 0. The second-order valence-corrected chi connectivity index (χ2v) is 4.91. The lowest BCUT2D eigenvalue weighted by Gasteiger charge is -2.15. The van der Waals surface area contributed by atoms with E-state index in [2.05, 4.69) is 0 Å². The minimum absolute atomic E-state index is 0.176. The molecule has 4 heteroatoms. The Kier molecular flexibility index (Phi) is 7.99. The molecular weight excluding hydrogens is 200 g/mol. The van der Waals surface area contributed by atoms with Crippen LogP contribution in [-0.2, 0) is 4.79 Å². The normalized spacial score (nSPS) is 13.1. The Labute approximate surface area is 89.9 Å². The van der Waals surface area contributed by atoms with Crippen LogP contribution in [0.1, 0.15) is 33.1 Å². The van der Waals surface area contributed by atoms with Crippen molar-refractivity contribution < 1.29 is 15.0 Å². The minimum Gasteiger partial charge on any atom is -0.480 e. The van der Waals surface area contributed by atoms with Crippen LogP contribution in [0.4, 0.5) is 0 Å². The van der Waals surface area contributed by atoms with E-state index in [1.165, 1.54) is 11.8 Å². The summed E-state index contributed by atoms with van der Waals surface area (Å²) in [6, 6.07) is 0. The third-order valence-electron chi connectivity index (χ3n) is 1.95. The van der Waals surface area contributed by atoms with Crippen LogP contribution in [0.2, 0.25) is 0 Å². The molecule has 84 valence electrons. The summed E-state index contributed by atoms with van der Waals surface area (Å²) in [5, 5.41) is 17.1. The number of aliphatic hydroxyl groups excluding tert-OH is 1. The largest absolute Gasteiger partial charge is 0.480 e. The molecule has 3 nitrogen and oxygen atoms in total. The van der Waals surface area contributed by atoms with Gasteiger partial charge in [-0.05, 0) is 24.5 Å². The Balaban J connectivity index is 3.57. The van der Waals surface area contributed by atoms with Crippen molar-refractivity contribution in [3.63, 3.8) is 0 Å². The van der Waals surface area contributed by atoms with Crippen molar-refractivity contribution in [3.8, 4) is 0 Å². The summed E-state index contributed by atoms with van der Waals surface area (Å²) in [6.07, 6.45) is 2.79. The lowest BCUT2D eigenvalue weighted by Crippen LogP contribution is -2.22. The van der Waals surface area contributed by atoms with E-state index in [1.807, 2.05) is 13.8 Å². The van der Waals surface area contributed by atoms with Crippen molar-refractivity contribution in [2.75, 3.05) is 12.4 Å². The standard InChI is InChI=1S/C10H20O3S/c1-8(2)9(10(12)13)14-7-5-3-4-6-11/h8-9,11H,3-7H2,1-2H3,(H,12,13). The zero-order valence-corrected chi connectivity index (χ0v) is 9.72. The summed E-state index contributed by atoms with van der Waals surface area (Å²) in [5.74, 6) is 0.331. The molecule has 0 aromatic rings. The monoisotopic (exact) mass is 220 g/mol. The maximum Gasteiger partial charge on any atom is 0.316 e. The topological polar surface area (TPSA) is 57.5 Å². The third kappa shape index (κ3) is 6.27. The highest BCUT2D eigenvalue weighted by Crippen LogP contribution is 2.21. The molecule has 0 saturated carbocycles. The highest BCUT2D eigenvalue weighted by Gasteiger charge is 2.20. The smallest absolute Gasteiger partial charge is 0.316 e. The number of carboxylic acids is 1. The van der Waals surface area contributed by atoms with Gasteiger partial charge in [0.05, 0.1) is 0 Å². The molecule has 0 spiro atoms. The van der Waals surface area contributed by atoms with Crippen molar-refractivity contribution >= 4 is 17.7 Å². The predicted molar refractivity (Wildman–Crippen MR) is 59.7 cm³/mol. The van der Waals surface area contributed by atoms with E-state index in [9.17, 15) is 4.79 Å². The molecule has 0 aliphatic carbocycles. The first-order chi connectivity index (χ1) is 6.59. The summed E-state index contributed by atoms with van der Waals surface area (Å²) >= 11 is 1.51. The van der Waals surface area contributed by atoms with E-state index in [0.717, 1.165) is 25.0 Å². The lowest BCUT2D eigenvalue weighted by molar-refractivity contribution is -0.137. The van der Waals surface area contributed by atoms with Gasteiger partial charge in [-0.1, -0.05) is 20.3 Å². The number of thioether (sulfide) groups is 1. The number of carboxylic acid groups (broad SMARTS) is 1. The van der Waals surface area contributed by atoms with Gasteiger partial charge in [0.15, 0.2) is 0 Å². The Morgan fingerprint density at radius 2 is 1.93 bits per heavy atom. The average molecular weight is 220 g/mol. The molecule has 0 radical (unpaired) electrons. The molecule has 1 atom stereocenters. The highest BCUT2D eigenvalue weighted by molar-refractivity contribution is 8.00. The zero-order chi connectivity index (χ0) is 11.0. The first-order valence-electron chi connectivity index (χ1n) is 5.05. The minimum atomic E-state index is -0.716. The fourth-order valence-corrected chi connectivity index (χ4v) is 2.30. The van der Waals surface area contributed by atoms with Crippen LogP contribution in [0.25, 0.3) is 0 Å². The maximum atomic E-state index is 10.8. The Hall–Kier alpha value is -0.220. The average Bonchev–Trinajstić information content (AvgIpc) is 2.09. The number of hydrogen-bond donors (Lipinski definition) is 2. The SMILES string of the molecule is CC(C)C(SCCCCCO)C(=O)O. The van der Waals surface area contributed by atoms with E-state index >= 15 is 0 Å². The lowest BCUT2D eigenvalue weighted by atomic mass is 10.1. The number of carbonyl (C=O) groups is 1. The molecule has 0 rings (SSSR count). The quantitative estimate of drug-likeness (QED) is 0.614. The predicted octanol–water partition coefficient (Wildman–Crippen LogP) is 1.99. The molecule has 0 aromatic carbocycles.